The van der Waals surface area contributed by atoms with Crippen LogP contribution in [0.4, 0.5) is 5.69 Å². The molecular formula is C23H25N5O. The van der Waals surface area contributed by atoms with Crippen molar-refractivity contribution >= 4 is 23.4 Å². The Labute approximate surface area is 170 Å². The molecule has 2 aromatic carbocycles. The van der Waals surface area contributed by atoms with Gasteiger partial charge in [-0.3, -0.25) is 9.98 Å². The van der Waals surface area contributed by atoms with Crippen LogP contribution in [-0.4, -0.2) is 54.6 Å². The minimum Gasteiger partial charge on any atom is -0.395 e. The zero-order valence-corrected chi connectivity index (χ0v) is 16.4. The SMILES string of the molecule is Cc1c(NC2=NC=CC3N=C(CNCCO)C=NC23)cccc1-c1ccccc1. The molecule has 6 heteroatoms. The Hall–Kier alpha value is -3.09. The lowest BCUT2D eigenvalue weighted by atomic mass is 9.98. The molecular weight excluding hydrogens is 362 g/mol. The van der Waals surface area contributed by atoms with Gasteiger partial charge in [-0.05, 0) is 35.8 Å². The van der Waals surface area contributed by atoms with Crippen molar-refractivity contribution < 1.29 is 5.11 Å². The Kier molecular flexibility index (Phi) is 5.93. The van der Waals surface area contributed by atoms with Crippen LogP contribution in [-0.2, 0) is 0 Å². The highest BCUT2D eigenvalue weighted by atomic mass is 16.3. The maximum Gasteiger partial charge on any atom is 0.133 e. The van der Waals surface area contributed by atoms with E-state index in [2.05, 4.69) is 65.0 Å². The van der Waals surface area contributed by atoms with Crippen LogP contribution in [0.25, 0.3) is 11.1 Å². The van der Waals surface area contributed by atoms with Crippen LogP contribution < -0.4 is 10.6 Å². The fraction of sp³-hybridized carbons (Fsp3) is 0.261. The van der Waals surface area contributed by atoms with Gasteiger partial charge in [-0.25, -0.2) is 4.99 Å². The van der Waals surface area contributed by atoms with Gasteiger partial charge in [0.25, 0.3) is 0 Å². The second-order valence-electron chi connectivity index (χ2n) is 7.06. The zero-order valence-electron chi connectivity index (χ0n) is 16.4. The average Bonchev–Trinajstić information content (AvgIpc) is 2.76. The van der Waals surface area contributed by atoms with E-state index in [4.69, 9.17) is 15.1 Å². The largest absolute Gasteiger partial charge is 0.395 e. The van der Waals surface area contributed by atoms with Gasteiger partial charge >= 0.3 is 0 Å². The number of aliphatic hydroxyl groups excluding tert-OH is 1. The first kappa shape index (κ1) is 19.2. The number of aliphatic imine (C=N–C) groups is 3. The monoisotopic (exact) mass is 387 g/mol. The number of aliphatic hydroxyl groups is 1. The van der Waals surface area contributed by atoms with Gasteiger partial charge in [-0.15, -0.1) is 0 Å². The Bertz CT molecular complexity index is 978. The van der Waals surface area contributed by atoms with Crippen LogP contribution >= 0.6 is 0 Å². The van der Waals surface area contributed by atoms with Crippen LogP contribution in [0.1, 0.15) is 5.56 Å². The first-order chi connectivity index (χ1) is 14.3. The lowest BCUT2D eigenvalue weighted by Crippen LogP contribution is -2.41. The summed E-state index contributed by atoms with van der Waals surface area (Å²) in [5.41, 5.74) is 5.46. The van der Waals surface area contributed by atoms with Crippen LogP contribution in [0.2, 0.25) is 0 Å². The molecule has 2 aromatic rings. The molecule has 4 rings (SSSR count). The minimum atomic E-state index is -0.152. The van der Waals surface area contributed by atoms with E-state index in [9.17, 15) is 0 Å². The van der Waals surface area contributed by atoms with E-state index in [-0.39, 0.29) is 18.7 Å². The Morgan fingerprint density at radius 3 is 2.76 bits per heavy atom. The van der Waals surface area contributed by atoms with E-state index in [1.165, 1.54) is 16.7 Å². The normalized spacial score (nSPS) is 20.1. The molecule has 29 heavy (non-hydrogen) atoms. The Balaban J connectivity index is 1.52. The molecule has 2 aliphatic heterocycles. The van der Waals surface area contributed by atoms with E-state index in [0.29, 0.717) is 13.1 Å². The summed E-state index contributed by atoms with van der Waals surface area (Å²) < 4.78 is 0. The first-order valence-corrected chi connectivity index (χ1v) is 9.84. The molecule has 2 aliphatic rings. The third kappa shape index (κ3) is 4.34. The van der Waals surface area contributed by atoms with Crippen molar-refractivity contribution in [3.63, 3.8) is 0 Å². The predicted molar refractivity (Wildman–Crippen MR) is 120 cm³/mol. The summed E-state index contributed by atoms with van der Waals surface area (Å²) in [5, 5.41) is 15.5. The quantitative estimate of drug-likeness (QED) is 0.667. The van der Waals surface area contributed by atoms with Crippen molar-refractivity contribution in [3.05, 3.63) is 66.4 Å². The molecule has 0 bridgehead atoms. The van der Waals surface area contributed by atoms with Gasteiger partial charge in [-0.2, -0.15) is 0 Å². The molecule has 0 aliphatic carbocycles. The number of amidine groups is 1. The summed E-state index contributed by atoms with van der Waals surface area (Å²) >= 11 is 0. The summed E-state index contributed by atoms with van der Waals surface area (Å²) in [4.78, 5) is 14.0. The maximum atomic E-state index is 8.90. The van der Waals surface area contributed by atoms with Gasteiger partial charge in [0.2, 0.25) is 0 Å². The molecule has 0 amide bonds. The smallest absolute Gasteiger partial charge is 0.133 e. The fourth-order valence-corrected chi connectivity index (χ4v) is 3.55. The number of benzene rings is 2. The number of hydrogen-bond acceptors (Lipinski definition) is 6. The van der Waals surface area contributed by atoms with E-state index < -0.39 is 0 Å². The minimum absolute atomic E-state index is 0.0662. The summed E-state index contributed by atoms with van der Waals surface area (Å²) in [5.74, 6) is 0.799. The van der Waals surface area contributed by atoms with Crippen LogP contribution in [0.3, 0.4) is 0 Å². The second-order valence-corrected chi connectivity index (χ2v) is 7.06. The zero-order chi connectivity index (χ0) is 20.1. The third-order valence-electron chi connectivity index (χ3n) is 5.08. The molecule has 0 saturated carbocycles. The number of fused-ring (bicyclic) bond motifs is 1. The summed E-state index contributed by atoms with van der Waals surface area (Å²) in [6.45, 7) is 3.37. The summed E-state index contributed by atoms with van der Waals surface area (Å²) in [7, 11) is 0. The van der Waals surface area contributed by atoms with E-state index in [1.807, 2.05) is 12.1 Å². The summed E-state index contributed by atoms with van der Waals surface area (Å²) in [6.07, 6.45) is 5.57. The molecule has 2 unspecified atom stereocenters. The number of hydrogen-bond donors (Lipinski definition) is 3. The van der Waals surface area contributed by atoms with Gasteiger partial charge in [0.15, 0.2) is 0 Å². The van der Waals surface area contributed by atoms with Crippen LogP contribution in [0.5, 0.6) is 0 Å². The molecule has 0 spiro atoms. The second kappa shape index (κ2) is 8.94. The standard InChI is InChI=1S/C23H25N5O/c1-16-19(17-6-3-2-4-7-17)8-5-9-20(16)28-23-22-21(10-11-25-23)27-18(15-26-22)14-24-12-13-29/h2-11,15,21-22,24,29H,12-14H2,1H3,(H,25,28). The lowest BCUT2D eigenvalue weighted by Gasteiger charge is -2.27. The molecule has 0 saturated heterocycles. The first-order valence-electron chi connectivity index (χ1n) is 9.84. The molecule has 0 fully saturated rings. The van der Waals surface area contributed by atoms with E-state index >= 15 is 0 Å². The van der Waals surface area contributed by atoms with Crippen LogP contribution in [0.15, 0.2) is 75.8 Å². The Morgan fingerprint density at radius 2 is 1.93 bits per heavy atom. The fourth-order valence-electron chi connectivity index (χ4n) is 3.55. The average molecular weight is 387 g/mol. The maximum absolute atomic E-state index is 8.90. The van der Waals surface area contributed by atoms with Gasteiger partial charge in [0, 0.05) is 31.2 Å². The topological polar surface area (TPSA) is 81.4 Å². The van der Waals surface area contributed by atoms with Crippen molar-refractivity contribution in [1.29, 1.82) is 0 Å². The van der Waals surface area contributed by atoms with Crippen molar-refractivity contribution in [3.8, 4) is 11.1 Å². The number of nitrogens with zero attached hydrogens (tertiary/aromatic N) is 3. The molecule has 148 valence electrons. The van der Waals surface area contributed by atoms with Crippen molar-refractivity contribution in [2.45, 2.75) is 19.0 Å². The van der Waals surface area contributed by atoms with Gasteiger partial charge in [0.1, 0.15) is 11.9 Å². The molecule has 0 aromatic heterocycles. The number of nitrogens with one attached hydrogen (secondary N) is 2. The van der Waals surface area contributed by atoms with Crippen molar-refractivity contribution in [2.24, 2.45) is 15.0 Å². The highest BCUT2D eigenvalue weighted by Gasteiger charge is 2.29. The predicted octanol–water partition coefficient (Wildman–Crippen LogP) is 2.84. The third-order valence-corrected chi connectivity index (χ3v) is 5.08. The van der Waals surface area contributed by atoms with Gasteiger partial charge < -0.3 is 15.7 Å². The van der Waals surface area contributed by atoms with Crippen LogP contribution in [0, 0.1) is 6.92 Å². The highest BCUT2D eigenvalue weighted by molar-refractivity contribution is 6.32. The summed E-state index contributed by atoms with van der Waals surface area (Å²) in [6, 6.07) is 16.4. The van der Waals surface area contributed by atoms with E-state index in [0.717, 1.165) is 17.2 Å². The van der Waals surface area contributed by atoms with Gasteiger partial charge in [-0.1, -0.05) is 42.5 Å². The lowest BCUT2D eigenvalue weighted by molar-refractivity contribution is 0.295. The van der Waals surface area contributed by atoms with Crippen molar-refractivity contribution in [1.82, 2.24) is 5.32 Å². The van der Waals surface area contributed by atoms with E-state index in [1.54, 1.807) is 12.4 Å². The molecule has 0 radical (unpaired) electrons. The molecule has 3 N–H and O–H groups in total. The molecule has 6 nitrogen and oxygen atoms in total. The van der Waals surface area contributed by atoms with Crippen molar-refractivity contribution in [2.75, 3.05) is 25.0 Å². The number of rotatable bonds is 6. The molecule has 2 heterocycles. The van der Waals surface area contributed by atoms with Gasteiger partial charge in [0.05, 0.1) is 18.4 Å². The Morgan fingerprint density at radius 1 is 1.07 bits per heavy atom. The number of anilines is 1. The molecule has 2 atom stereocenters. The highest BCUT2D eigenvalue weighted by Crippen LogP contribution is 2.29.